The number of amides is 1. The van der Waals surface area contributed by atoms with E-state index >= 15 is 0 Å². The van der Waals surface area contributed by atoms with Crippen molar-refractivity contribution in [1.29, 1.82) is 0 Å². The lowest BCUT2D eigenvalue weighted by Gasteiger charge is -2.10. The molecule has 1 amide bonds. The lowest BCUT2D eigenvalue weighted by atomic mass is 10.1. The van der Waals surface area contributed by atoms with Gasteiger partial charge in [0.15, 0.2) is 0 Å². The molecule has 0 aliphatic rings. The molecule has 0 saturated carbocycles. The standard InChI is InChI=1S/C20H19ClN4O/c1-13-5-3-6-15(9-13)10-22-19(26)16-11-23-20(24-12-16)25-18-8-4-7-17(21)14(18)2/h3-9,11-12H,10H2,1-2H3,(H,22,26)(H,23,24,25). The molecule has 1 heterocycles. The number of aromatic nitrogens is 2. The number of nitrogens with one attached hydrogen (secondary N) is 2. The predicted octanol–water partition coefficient (Wildman–Crippen LogP) is 4.42. The smallest absolute Gasteiger partial charge is 0.254 e. The third kappa shape index (κ3) is 4.37. The van der Waals surface area contributed by atoms with Crippen LogP contribution in [0.25, 0.3) is 0 Å². The molecule has 0 aliphatic carbocycles. The van der Waals surface area contributed by atoms with Crippen molar-refractivity contribution in [3.8, 4) is 0 Å². The van der Waals surface area contributed by atoms with E-state index < -0.39 is 0 Å². The summed E-state index contributed by atoms with van der Waals surface area (Å²) in [5.41, 5.74) is 4.36. The minimum Gasteiger partial charge on any atom is -0.348 e. The molecular weight excluding hydrogens is 348 g/mol. The quantitative estimate of drug-likeness (QED) is 0.701. The highest BCUT2D eigenvalue weighted by Crippen LogP contribution is 2.24. The van der Waals surface area contributed by atoms with E-state index in [0.717, 1.165) is 22.4 Å². The maximum Gasteiger partial charge on any atom is 0.254 e. The van der Waals surface area contributed by atoms with E-state index in [4.69, 9.17) is 11.6 Å². The Morgan fingerprint density at radius 2 is 1.81 bits per heavy atom. The molecule has 26 heavy (non-hydrogen) atoms. The molecule has 1 aromatic heterocycles. The second kappa shape index (κ2) is 7.97. The summed E-state index contributed by atoms with van der Waals surface area (Å²) in [7, 11) is 0. The Bertz CT molecular complexity index is 925. The Kier molecular flexibility index (Phi) is 5.49. The van der Waals surface area contributed by atoms with Crippen LogP contribution in [0.15, 0.2) is 54.9 Å². The fourth-order valence-electron chi connectivity index (χ4n) is 2.48. The van der Waals surface area contributed by atoms with E-state index in [9.17, 15) is 4.79 Å². The molecule has 0 unspecified atom stereocenters. The highest BCUT2D eigenvalue weighted by molar-refractivity contribution is 6.31. The van der Waals surface area contributed by atoms with Gasteiger partial charge in [0.05, 0.1) is 5.56 Å². The van der Waals surface area contributed by atoms with E-state index in [-0.39, 0.29) is 5.91 Å². The van der Waals surface area contributed by atoms with Crippen LogP contribution in [0.1, 0.15) is 27.0 Å². The summed E-state index contributed by atoms with van der Waals surface area (Å²) in [6.45, 7) is 4.40. The minimum absolute atomic E-state index is 0.211. The molecule has 0 bridgehead atoms. The zero-order chi connectivity index (χ0) is 18.5. The van der Waals surface area contributed by atoms with Crippen LogP contribution in [0.5, 0.6) is 0 Å². The van der Waals surface area contributed by atoms with Gasteiger partial charge in [0.2, 0.25) is 5.95 Å². The van der Waals surface area contributed by atoms with Crippen LogP contribution in [-0.2, 0) is 6.54 Å². The highest BCUT2D eigenvalue weighted by atomic mass is 35.5. The molecule has 6 heteroatoms. The van der Waals surface area contributed by atoms with Crippen molar-refractivity contribution in [3.05, 3.63) is 82.1 Å². The first-order valence-electron chi connectivity index (χ1n) is 8.21. The number of aryl methyl sites for hydroxylation is 1. The van der Waals surface area contributed by atoms with Gasteiger partial charge < -0.3 is 10.6 Å². The number of nitrogens with zero attached hydrogens (tertiary/aromatic N) is 2. The second-order valence-corrected chi connectivity index (χ2v) is 6.41. The molecule has 5 nitrogen and oxygen atoms in total. The van der Waals surface area contributed by atoms with Crippen LogP contribution >= 0.6 is 11.6 Å². The zero-order valence-corrected chi connectivity index (χ0v) is 15.3. The Hall–Kier alpha value is -2.92. The van der Waals surface area contributed by atoms with Gasteiger partial charge in [-0.1, -0.05) is 47.5 Å². The number of benzene rings is 2. The summed E-state index contributed by atoms with van der Waals surface area (Å²) >= 11 is 6.11. The van der Waals surface area contributed by atoms with E-state index in [0.29, 0.717) is 23.1 Å². The van der Waals surface area contributed by atoms with Gasteiger partial charge in [-0.25, -0.2) is 9.97 Å². The summed E-state index contributed by atoms with van der Waals surface area (Å²) < 4.78 is 0. The zero-order valence-electron chi connectivity index (χ0n) is 14.6. The average Bonchev–Trinajstić information content (AvgIpc) is 2.64. The lowest BCUT2D eigenvalue weighted by Crippen LogP contribution is -2.23. The molecule has 2 N–H and O–H groups in total. The number of hydrogen-bond acceptors (Lipinski definition) is 4. The maximum atomic E-state index is 12.2. The summed E-state index contributed by atoms with van der Waals surface area (Å²) in [5.74, 6) is 0.197. The number of rotatable bonds is 5. The summed E-state index contributed by atoms with van der Waals surface area (Å²) in [5, 5.41) is 6.64. The summed E-state index contributed by atoms with van der Waals surface area (Å²) in [6, 6.07) is 13.6. The number of carbonyl (C=O) groups excluding carboxylic acids is 1. The molecule has 132 valence electrons. The minimum atomic E-state index is -0.211. The van der Waals surface area contributed by atoms with Crippen molar-refractivity contribution >= 4 is 29.1 Å². The van der Waals surface area contributed by atoms with Crippen molar-refractivity contribution in [2.45, 2.75) is 20.4 Å². The van der Waals surface area contributed by atoms with Gasteiger partial charge in [0.1, 0.15) is 0 Å². The first-order valence-corrected chi connectivity index (χ1v) is 8.58. The SMILES string of the molecule is Cc1cccc(CNC(=O)c2cnc(Nc3cccc(Cl)c3C)nc2)c1. The first-order chi connectivity index (χ1) is 12.5. The van der Waals surface area contributed by atoms with Gasteiger partial charge in [0, 0.05) is 29.6 Å². The monoisotopic (exact) mass is 366 g/mol. The summed E-state index contributed by atoms with van der Waals surface area (Å²) in [4.78, 5) is 20.7. The molecule has 0 radical (unpaired) electrons. The first kappa shape index (κ1) is 17.9. The fourth-order valence-corrected chi connectivity index (χ4v) is 2.65. The Morgan fingerprint density at radius 3 is 2.54 bits per heavy atom. The van der Waals surface area contributed by atoms with E-state index in [1.807, 2.05) is 56.3 Å². The second-order valence-electron chi connectivity index (χ2n) is 6.00. The van der Waals surface area contributed by atoms with Crippen molar-refractivity contribution in [2.24, 2.45) is 0 Å². The van der Waals surface area contributed by atoms with Gasteiger partial charge in [0.25, 0.3) is 5.91 Å². The van der Waals surface area contributed by atoms with Crippen molar-refractivity contribution in [1.82, 2.24) is 15.3 Å². The number of carbonyl (C=O) groups is 1. The maximum absolute atomic E-state index is 12.2. The molecule has 0 spiro atoms. The molecule has 0 atom stereocenters. The highest BCUT2D eigenvalue weighted by Gasteiger charge is 2.08. The van der Waals surface area contributed by atoms with Gasteiger partial charge >= 0.3 is 0 Å². The Morgan fingerprint density at radius 1 is 1.08 bits per heavy atom. The van der Waals surface area contributed by atoms with Crippen LogP contribution in [0.2, 0.25) is 5.02 Å². The van der Waals surface area contributed by atoms with Crippen molar-refractivity contribution in [2.75, 3.05) is 5.32 Å². The average molecular weight is 367 g/mol. The summed E-state index contributed by atoms with van der Waals surface area (Å²) in [6.07, 6.45) is 3.00. The van der Waals surface area contributed by atoms with E-state index in [1.165, 1.54) is 12.4 Å². The molecule has 2 aromatic carbocycles. The lowest BCUT2D eigenvalue weighted by molar-refractivity contribution is 0.0950. The number of hydrogen-bond donors (Lipinski definition) is 2. The predicted molar refractivity (Wildman–Crippen MR) is 104 cm³/mol. The topological polar surface area (TPSA) is 66.9 Å². The van der Waals surface area contributed by atoms with Crippen molar-refractivity contribution < 1.29 is 4.79 Å². The molecular formula is C20H19ClN4O. The van der Waals surface area contributed by atoms with Crippen LogP contribution in [-0.4, -0.2) is 15.9 Å². The van der Waals surface area contributed by atoms with Gasteiger partial charge in [-0.3, -0.25) is 4.79 Å². The molecule has 0 saturated heterocycles. The van der Waals surface area contributed by atoms with Crippen LogP contribution in [0.4, 0.5) is 11.6 Å². The molecule has 3 rings (SSSR count). The third-order valence-electron chi connectivity index (χ3n) is 3.96. The van der Waals surface area contributed by atoms with Gasteiger partial charge in [-0.15, -0.1) is 0 Å². The van der Waals surface area contributed by atoms with Crippen LogP contribution in [0, 0.1) is 13.8 Å². The van der Waals surface area contributed by atoms with Gasteiger partial charge in [-0.05, 0) is 37.1 Å². The Labute approximate surface area is 157 Å². The number of halogens is 1. The third-order valence-corrected chi connectivity index (χ3v) is 4.37. The van der Waals surface area contributed by atoms with Crippen LogP contribution in [0.3, 0.4) is 0 Å². The molecule has 0 aliphatic heterocycles. The van der Waals surface area contributed by atoms with Crippen LogP contribution < -0.4 is 10.6 Å². The molecule has 0 fully saturated rings. The fraction of sp³-hybridized carbons (Fsp3) is 0.150. The van der Waals surface area contributed by atoms with E-state index in [2.05, 4.69) is 20.6 Å². The normalized spacial score (nSPS) is 10.4. The van der Waals surface area contributed by atoms with Crippen molar-refractivity contribution in [3.63, 3.8) is 0 Å². The largest absolute Gasteiger partial charge is 0.348 e. The molecule has 3 aromatic rings. The van der Waals surface area contributed by atoms with Gasteiger partial charge in [-0.2, -0.15) is 0 Å². The number of anilines is 2. The van der Waals surface area contributed by atoms with E-state index in [1.54, 1.807) is 0 Å². The Balaban J connectivity index is 1.63.